The monoisotopic (exact) mass is 470 g/mol. The molecule has 0 aliphatic carbocycles. The van der Waals surface area contributed by atoms with Crippen molar-refractivity contribution in [1.29, 1.82) is 0 Å². The van der Waals surface area contributed by atoms with Crippen LogP contribution in [0.25, 0.3) is 0 Å². The summed E-state index contributed by atoms with van der Waals surface area (Å²) < 4.78 is 38.2. The third-order valence-corrected chi connectivity index (χ3v) is 4.96. The summed E-state index contributed by atoms with van der Waals surface area (Å²) in [7, 11) is 0. The van der Waals surface area contributed by atoms with Crippen molar-refractivity contribution >= 4 is 17.6 Å². The van der Waals surface area contributed by atoms with E-state index in [1.54, 1.807) is 36.5 Å². The van der Waals surface area contributed by atoms with E-state index in [2.05, 4.69) is 10.00 Å². The van der Waals surface area contributed by atoms with Crippen LogP contribution in [0.5, 0.6) is 0 Å². The Bertz CT molecular complexity index is 974. The van der Waals surface area contributed by atoms with Crippen LogP contribution in [0, 0.1) is 5.92 Å². The van der Waals surface area contributed by atoms with Gasteiger partial charge in [0.25, 0.3) is 5.56 Å². The summed E-state index contributed by atoms with van der Waals surface area (Å²) >= 11 is 0. The first-order valence-corrected chi connectivity index (χ1v) is 10.2. The normalized spacial score (nSPS) is 14.2. The van der Waals surface area contributed by atoms with Gasteiger partial charge >= 0.3 is 18.1 Å². The van der Waals surface area contributed by atoms with Crippen molar-refractivity contribution in [2.24, 2.45) is 11.7 Å². The van der Waals surface area contributed by atoms with Crippen LogP contribution in [-0.4, -0.2) is 59.2 Å². The molecule has 0 unspecified atom stereocenters. The third kappa shape index (κ3) is 8.22. The molecule has 0 spiro atoms. The molecule has 1 fully saturated rings. The number of rotatable bonds is 6. The maximum Gasteiger partial charge on any atom is 0.490 e. The molecule has 1 aromatic carbocycles. The Kier molecular flexibility index (Phi) is 9.40. The molecular weight excluding hydrogens is 445 g/mol. The van der Waals surface area contributed by atoms with E-state index in [9.17, 15) is 22.8 Å². The lowest BCUT2D eigenvalue weighted by molar-refractivity contribution is -0.192. The van der Waals surface area contributed by atoms with E-state index in [1.165, 1.54) is 4.68 Å². The smallest absolute Gasteiger partial charge is 0.475 e. The fourth-order valence-corrected chi connectivity index (χ4v) is 3.07. The minimum Gasteiger partial charge on any atom is -0.475 e. The molecule has 1 aliphatic heterocycles. The highest BCUT2D eigenvalue weighted by atomic mass is 19.4. The summed E-state index contributed by atoms with van der Waals surface area (Å²) in [6.45, 7) is 2.83. The second-order valence-corrected chi connectivity index (χ2v) is 7.25. The van der Waals surface area contributed by atoms with Crippen molar-refractivity contribution in [2.75, 3.05) is 31.1 Å². The second-order valence-electron chi connectivity index (χ2n) is 7.25. The van der Waals surface area contributed by atoms with Crippen molar-refractivity contribution in [3.63, 3.8) is 0 Å². The van der Waals surface area contributed by atoms with Gasteiger partial charge in [-0.1, -0.05) is 18.2 Å². The van der Waals surface area contributed by atoms with Crippen LogP contribution in [0.15, 0.2) is 47.4 Å². The van der Waals surface area contributed by atoms with E-state index in [0.717, 1.165) is 38.2 Å². The SMILES string of the molecule is NCC1CCN(c2cnn(CCOC(=O)c3ccccc3)c(=O)c2)CC1.O=C(O)C(F)(F)F. The molecule has 12 heteroatoms. The lowest BCUT2D eigenvalue weighted by Gasteiger charge is -2.32. The average molecular weight is 470 g/mol. The number of nitrogens with zero attached hydrogens (tertiary/aromatic N) is 3. The molecule has 180 valence electrons. The number of nitrogens with two attached hydrogens (primary N) is 1. The minimum absolute atomic E-state index is 0.0991. The maximum absolute atomic E-state index is 12.3. The number of benzene rings is 1. The standard InChI is InChI=1S/C19H24N4O3.C2HF3O2/c20-13-15-6-8-22(9-7-15)17-12-18(24)23(21-14-17)10-11-26-19(25)16-4-2-1-3-5-16;3-2(4,5)1(6)7/h1-5,12,14-15H,6-11,13,20H2;(H,6,7). The van der Waals surface area contributed by atoms with Crippen LogP contribution in [-0.2, 0) is 16.1 Å². The Morgan fingerprint density at radius 3 is 2.30 bits per heavy atom. The van der Waals surface area contributed by atoms with Crippen molar-refractivity contribution < 1.29 is 32.6 Å². The van der Waals surface area contributed by atoms with Gasteiger partial charge in [0.15, 0.2) is 0 Å². The molecule has 3 N–H and O–H groups in total. The van der Waals surface area contributed by atoms with Crippen molar-refractivity contribution in [3.8, 4) is 0 Å². The van der Waals surface area contributed by atoms with Gasteiger partial charge in [0.05, 0.1) is 24.0 Å². The van der Waals surface area contributed by atoms with Crippen molar-refractivity contribution in [2.45, 2.75) is 25.6 Å². The second kappa shape index (κ2) is 12.0. The molecule has 2 heterocycles. The number of hydrogen-bond donors (Lipinski definition) is 2. The number of piperidine rings is 1. The molecule has 2 aromatic rings. The van der Waals surface area contributed by atoms with Crippen molar-refractivity contribution in [3.05, 3.63) is 58.5 Å². The fourth-order valence-electron chi connectivity index (χ4n) is 3.07. The topological polar surface area (TPSA) is 128 Å². The molecule has 3 rings (SSSR count). The predicted octanol–water partition coefficient (Wildman–Crippen LogP) is 1.91. The average Bonchev–Trinajstić information content (AvgIpc) is 2.80. The zero-order valence-corrected chi connectivity index (χ0v) is 17.7. The van der Waals surface area contributed by atoms with Crippen LogP contribution >= 0.6 is 0 Å². The number of carboxylic acids is 1. The molecule has 1 saturated heterocycles. The van der Waals surface area contributed by atoms with Gasteiger partial charge in [0.2, 0.25) is 0 Å². The van der Waals surface area contributed by atoms with E-state index < -0.39 is 18.1 Å². The number of carbonyl (C=O) groups excluding carboxylic acids is 1. The number of aliphatic carboxylic acids is 1. The number of ether oxygens (including phenoxy) is 1. The Balaban J connectivity index is 0.000000479. The van der Waals surface area contributed by atoms with E-state index >= 15 is 0 Å². The summed E-state index contributed by atoms with van der Waals surface area (Å²) in [6, 6.07) is 10.4. The maximum atomic E-state index is 12.3. The van der Waals surface area contributed by atoms with Gasteiger partial charge in [0.1, 0.15) is 6.61 Å². The van der Waals surface area contributed by atoms with E-state index in [-0.39, 0.29) is 18.7 Å². The highest BCUT2D eigenvalue weighted by Crippen LogP contribution is 2.20. The summed E-state index contributed by atoms with van der Waals surface area (Å²) in [5.41, 5.74) is 6.85. The van der Waals surface area contributed by atoms with E-state index in [0.29, 0.717) is 11.5 Å². The first-order chi connectivity index (χ1) is 15.6. The van der Waals surface area contributed by atoms with Crippen LogP contribution in [0.4, 0.5) is 18.9 Å². The first-order valence-electron chi connectivity index (χ1n) is 10.2. The molecule has 33 heavy (non-hydrogen) atoms. The van der Waals surface area contributed by atoms with E-state index in [4.69, 9.17) is 20.4 Å². The number of aromatic nitrogens is 2. The zero-order chi connectivity index (χ0) is 24.4. The Morgan fingerprint density at radius 1 is 1.18 bits per heavy atom. The number of hydrogen-bond acceptors (Lipinski definition) is 7. The van der Waals surface area contributed by atoms with Gasteiger partial charge in [-0.25, -0.2) is 14.3 Å². The largest absolute Gasteiger partial charge is 0.490 e. The number of alkyl halides is 3. The van der Waals surface area contributed by atoms with Crippen LogP contribution in [0.2, 0.25) is 0 Å². The quantitative estimate of drug-likeness (QED) is 0.613. The summed E-state index contributed by atoms with van der Waals surface area (Å²) in [4.78, 5) is 35.2. The molecule has 1 aromatic heterocycles. The van der Waals surface area contributed by atoms with Gasteiger partial charge in [-0.05, 0) is 37.4 Å². The Morgan fingerprint density at radius 2 is 1.79 bits per heavy atom. The number of anilines is 1. The van der Waals surface area contributed by atoms with Gasteiger partial charge < -0.3 is 20.5 Å². The van der Waals surface area contributed by atoms with Crippen LogP contribution in [0.3, 0.4) is 0 Å². The molecule has 0 bridgehead atoms. The van der Waals surface area contributed by atoms with Gasteiger partial charge in [-0.2, -0.15) is 18.3 Å². The van der Waals surface area contributed by atoms with Crippen molar-refractivity contribution in [1.82, 2.24) is 9.78 Å². The van der Waals surface area contributed by atoms with Gasteiger partial charge in [-0.15, -0.1) is 0 Å². The predicted molar refractivity (Wildman–Crippen MR) is 113 cm³/mol. The Hall–Kier alpha value is -3.41. The summed E-state index contributed by atoms with van der Waals surface area (Å²) in [5.74, 6) is -2.59. The minimum atomic E-state index is -5.08. The molecule has 0 radical (unpaired) electrons. The van der Waals surface area contributed by atoms with Gasteiger partial charge in [0, 0.05) is 19.2 Å². The third-order valence-electron chi connectivity index (χ3n) is 4.96. The number of halogens is 3. The molecule has 1 aliphatic rings. The molecule has 0 amide bonds. The first kappa shape index (κ1) is 25.8. The molecule has 9 nitrogen and oxygen atoms in total. The Labute approximate surface area is 187 Å². The zero-order valence-electron chi connectivity index (χ0n) is 17.7. The lowest BCUT2D eigenvalue weighted by atomic mass is 9.97. The fraction of sp³-hybridized carbons (Fsp3) is 0.429. The number of esters is 1. The van der Waals surface area contributed by atoms with Crippen LogP contribution < -0.4 is 16.2 Å². The molecule has 0 saturated carbocycles. The highest BCUT2D eigenvalue weighted by molar-refractivity contribution is 5.89. The summed E-state index contributed by atoms with van der Waals surface area (Å²) in [6.07, 6.45) is -1.31. The summed E-state index contributed by atoms with van der Waals surface area (Å²) in [5, 5.41) is 11.3. The van der Waals surface area contributed by atoms with Gasteiger partial charge in [-0.3, -0.25) is 4.79 Å². The highest BCUT2D eigenvalue weighted by Gasteiger charge is 2.38. The van der Waals surface area contributed by atoms with E-state index in [1.807, 2.05) is 6.07 Å². The van der Waals surface area contributed by atoms with Crippen LogP contribution in [0.1, 0.15) is 23.2 Å². The number of carboxylic acid groups (broad SMARTS) is 1. The molecular formula is C21H25F3N4O5. The number of carbonyl (C=O) groups is 2. The molecule has 0 atom stereocenters. The lowest BCUT2D eigenvalue weighted by Crippen LogP contribution is -2.37.